The molecule has 0 heterocycles. The van der Waals surface area contributed by atoms with Crippen LogP contribution in [0.25, 0.3) is 0 Å². The van der Waals surface area contributed by atoms with Crippen molar-refractivity contribution < 1.29 is 10.2 Å². The molecular formula is C13H10Cl2N2O2. The molecule has 0 spiro atoms. The molecule has 0 aliphatic heterocycles. The number of nitrogens with zero attached hydrogens (tertiary/aromatic N) is 1. The number of hydrogen-bond donors (Lipinski definition) is 3. The van der Waals surface area contributed by atoms with Crippen molar-refractivity contribution in [2.24, 2.45) is 5.10 Å². The number of hydrogen-bond acceptors (Lipinski definition) is 4. The number of phenolic OH excluding ortho intramolecular Hbond substituents is 2. The maximum atomic E-state index is 9.55. The summed E-state index contributed by atoms with van der Waals surface area (Å²) in [5, 5.41) is 23.5. The van der Waals surface area contributed by atoms with Crippen molar-refractivity contribution in [1.82, 2.24) is 0 Å². The van der Waals surface area contributed by atoms with E-state index in [1.54, 1.807) is 24.3 Å². The predicted molar refractivity (Wildman–Crippen MR) is 77.5 cm³/mol. The summed E-state index contributed by atoms with van der Waals surface area (Å²) >= 11 is 11.7. The first-order chi connectivity index (χ1) is 9.06. The fraction of sp³-hybridized carbons (Fsp3) is 0. The quantitative estimate of drug-likeness (QED) is 0.595. The van der Waals surface area contributed by atoms with E-state index in [9.17, 15) is 5.11 Å². The Morgan fingerprint density at radius 1 is 1.00 bits per heavy atom. The lowest BCUT2D eigenvalue weighted by Crippen LogP contribution is -1.91. The van der Waals surface area contributed by atoms with E-state index in [-0.39, 0.29) is 11.5 Å². The van der Waals surface area contributed by atoms with E-state index >= 15 is 0 Å². The second-order valence-electron chi connectivity index (χ2n) is 3.74. The fourth-order valence-electron chi connectivity index (χ4n) is 1.38. The Morgan fingerprint density at radius 3 is 2.47 bits per heavy atom. The molecule has 0 atom stereocenters. The third-order valence-corrected chi connectivity index (χ3v) is 3.07. The molecule has 2 aromatic carbocycles. The second kappa shape index (κ2) is 5.82. The maximum Gasteiger partial charge on any atom is 0.128 e. The fourth-order valence-corrected chi connectivity index (χ4v) is 1.68. The Hall–Kier alpha value is -1.91. The van der Waals surface area contributed by atoms with Gasteiger partial charge in [0, 0.05) is 11.6 Å². The van der Waals surface area contributed by atoms with Gasteiger partial charge in [-0.3, -0.25) is 5.43 Å². The van der Waals surface area contributed by atoms with Crippen LogP contribution in [0.2, 0.25) is 10.0 Å². The summed E-state index contributed by atoms with van der Waals surface area (Å²) in [6.07, 6.45) is 1.43. The molecule has 4 nitrogen and oxygen atoms in total. The molecule has 0 bridgehead atoms. The molecule has 19 heavy (non-hydrogen) atoms. The van der Waals surface area contributed by atoms with Crippen molar-refractivity contribution in [3.8, 4) is 11.5 Å². The van der Waals surface area contributed by atoms with Gasteiger partial charge in [0.15, 0.2) is 0 Å². The number of hydrazone groups is 1. The van der Waals surface area contributed by atoms with Crippen molar-refractivity contribution in [2.45, 2.75) is 0 Å². The first kappa shape index (κ1) is 13.5. The molecule has 0 aliphatic rings. The van der Waals surface area contributed by atoms with Crippen LogP contribution >= 0.6 is 23.2 Å². The van der Waals surface area contributed by atoms with E-state index in [1.807, 2.05) is 0 Å². The Labute approximate surface area is 119 Å². The van der Waals surface area contributed by atoms with Crippen molar-refractivity contribution >= 4 is 35.1 Å². The van der Waals surface area contributed by atoms with E-state index < -0.39 is 0 Å². The summed E-state index contributed by atoms with van der Waals surface area (Å²) in [6, 6.07) is 9.26. The lowest BCUT2D eigenvalue weighted by atomic mass is 10.2. The zero-order valence-corrected chi connectivity index (χ0v) is 11.2. The largest absolute Gasteiger partial charge is 0.508 e. The van der Waals surface area contributed by atoms with Gasteiger partial charge in [-0.05, 0) is 30.3 Å². The van der Waals surface area contributed by atoms with Gasteiger partial charge in [0.05, 0.1) is 21.9 Å². The molecule has 3 N–H and O–H groups in total. The smallest absolute Gasteiger partial charge is 0.128 e. The van der Waals surface area contributed by atoms with Crippen LogP contribution in [0, 0.1) is 0 Å². The van der Waals surface area contributed by atoms with Crippen molar-refractivity contribution in [2.75, 3.05) is 5.43 Å². The average Bonchev–Trinajstić information content (AvgIpc) is 2.36. The number of rotatable bonds is 3. The van der Waals surface area contributed by atoms with E-state index in [0.717, 1.165) is 0 Å². The highest BCUT2D eigenvalue weighted by Gasteiger charge is 2.00. The SMILES string of the molecule is Oc1ccc(C=NNc2ccc(Cl)c(Cl)c2)c(O)c1. The van der Waals surface area contributed by atoms with Gasteiger partial charge < -0.3 is 10.2 Å². The van der Waals surface area contributed by atoms with E-state index in [0.29, 0.717) is 21.3 Å². The monoisotopic (exact) mass is 296 g/mol. The predicted octanol–water partition coefficient (Wildman–Crippen LogP) is 3.85. The second-order valence-corrected chi connectivity index (χ2v) is 4.56. The third kappa shape index (κ3) is 3.53. The first-order valence-electron chi connectivity index (χ1n) is 5.32. The van der Waals surface area contributed by atoms with Gasteiger partial charge in [-0.2, -0.15) is 5.10 Å². The number of benzene rings is 2. The lowest BCUT2D eigenvalue weighted by Gasteiger charge is -2.02. The highest BCUT2D eigenvalue weighted by atomic mass is 35.5. The number of aromatic hydroxyl groups is 2. The minimum atomic E-state index is -0.0558. The van der Waals surface area contributed by atoms with Crippen LogP contribution in [0.4, 0.5) is 5.69 Å². The Bertz CT molecular complexity index is 630. The topological polar surface area (TPSA) is 64.9 Å². The maximum absolute atomic E-state index is 9.55. The van der Waals surface area contributed by atoms with Gasteiger partial charge in [0.1, 0.15) is 11.5 Å². The molecule has 2 aromatic rings. The van der Waals surface area contributed by atoms with Crippen LogP contribution in [0.5, 0.6) is 11.5 Å². The summed E-state index contributed by atoms with van der Waals surface area (Å²) in [5.41, 5.74) is 3.90. The van der Waals surface area contributed by atoms with Crippen molar-refractivity contribution in [1.29, 1.82) is 0 Å². The molecule has 0 radical (unpaired) electrons. The summed E-state index contributed by atoms with van der Waals surface area (Å²) in [5.74, 6) is -0.0632. The average molecular weight is 297 g/mol. The van der Waals surface area contributed by atoms with Crippen LogP contribution in [-0.2, 0) is 0 Å². The van der Waals surface area contributed by atoms with E-state index in [2.05, 4.69) is 10.5 Å². The van der Waals surface area contributed by atoms with Gasteiger partial charge in [-0.1, -0.05) is 23.2 Å². The minimum Gasteiger partial charge on any atom is -0.508 e. The Morgan fingerprint density at radius 2 is 1.79 bits per heavy atom. The van der Waals surface area contributed by atoms with Crippen LogP contribution in [0.1, 0.15) is 5.56 Å². The van der Waals surface area contributed by atoms with E-state index in [1.165, 1.54) is 18.3 Å². The number of anilines is 1. The molecule has 0 saturated carbocycles. The number of halogens is 2. The highest BCUT2D eigenvalue weighted by molar-refractivity contribution is 6.42. The van der Waals surface area contributed by atoms with Gasteiger partial charge in [-0.25, -0.2) is 0 Å². The zero-order valence-electron chi connectivity index (χ0n) is 9.64. The van der Waals surface area contributed by atoms with Crippen LogP contribution in [0.3, 0.4) is 0 Å². The van der Waals surface area contributed by atoms with Crippen LogP contribution in [0.15, 0.2) is 41.5 Å². The number of nitrogens with one attached hydrogen (secondary N) is 1. The molecule has 0 fully saturated rings. The van der Waals surface area contributed by atoms with Crippen molar-refractivity contribution in [3.63, 3.8) is 0 Å². The van der Waals surface area contributed by atoms with Gasteiger partial charge >= 0.3 is 0 Å². The molecule has 2 rings (SSSR count). The Kier molecular flexibility index (Phi) is 4.14. The summed E-state index contributed by atoms with van der Waals surface area (Å²) < 4.78 is 0. The normalized spacial score (nSPS) is 10.8. The molecule has 0 saturated heterocycles. The molecule has 98 valence electrons. The summed E-state index contributed by atoms with van der Waals surface area (Å²) in [6.45, 7) is 0. The standard InChI is InChI=1S/C13H10Cl2N2O2/c14-11-4-2-9(5-12(11)15)17-16-7-8-1-3-10(18)6-13(8)19/h1-7,17-19H. The molecule has 0 aliphatic carbocycles. The Balaban J connectivity index is 2.09. The van der Waals surface area contributed by atoms with Gasteiger partial charge in [-0.15, -0.1) is 0 Å². The minimum absolute atomic E-state index is 0.00732. The third-order valence-electron chi connectivity index (χ3n) is 2.33. The van der Waals surface area contributed by atoms with Gasteiger partial charge in [0.25, 0.3) is 0 Å². The van der Waals surface area contributed by atoms with Crippen LogP contribution < -0.4 is 5.43 Å². The van der Waals surface area contributed by atoms with Crippen molar-refractivity contribution in [3.05, 3.63) is 52.0 Å². The lowest BCUT2D eigenvalue weighted by molar-refractivity contribution is 0.450. The molecule has 0 amide bonds. The van der Waals surface area contributed by atoms with Crippen LogP contribution in [-0.4, -0.2) is 16.4 Å². The molecule has 0 unspecified atom stereocenters. The summed E-state index contributed by atoms with van der Waals surface area (Å²) in [7, 11) is 0. The zero-order chi connectivity index (χ0) is 13.8. The van der Waals surface area contributed by atoms with Gasteiger partial charge in [0.2, 0.25) is 0 Å². The molecule has 6 heteroatoms. The molecule has 0 aromatic heterocycles. The van der Waals surface area contributed by atoms with E-state index in [4.69, 9.17) is 28.3 Å². The highest BCUT2D eigenvalue weighted by Crippen LogP contribution is 2.25. The first-order valence-corrected chi connectivity index (χ1v) is 6.08. The molecular weight excluding hydrogens is 287 g/mol. The number of phenols is 2. The summed E-state index contributed by atoms with van der Waals surface area (Å²) in [4.78, 5) is 0.